The number of aromatic nitrogens is 1. The third-order valence-corrected chi connectivity index (χ3v) is 6.75. The highest BCUT2D eigenvalue weighted by molar-refractivity contribution is 5.88. The molecule has 0 bridgehead atoms. The fraction of sp³-hybridized carbons (Fsp3) is 0.609. The molecule has 3 aliphatic rings. The maximum atomic E-state index is 13.1. The van der Waals surface area contributed by atoms with Crippen molar-refractivity contribution < 1.29 is 9.59 Å². The number of hydrogen-bond donors (Lipinski definition) is 0. The summed E-state index contributed by atoms with van der Waals surface area (Å²) in [5.74, 6) is 1.98. The summed E-state index contributed by atoms with van der Waals surface area (Å²) in [6.07, 6.45) is 8.39. The molecule has 3 heterocycles. The predicted molar refractivity (Wildman–Crippen MR) is 113 cm³/mol. The summed E-state index contributed by atoms with van der Waals surface area (Å²) >= 11 is 0. The molecule has 2 aliphatic heterocycles. The zero-order valence-corrected chi connectivity index (χ0v) is 17.6. The summed E-state index contributed by atoms with van der Waals surface area (Å²) in [7, 11) is 0. The molecule has 1 unspecified atom stereocenters. The zero-order chi connectivity index (χ0) is 20.4. The summed E-state index contributed by atoms with van der Waals surface area (Å²) in [4.78, 5) is 36.0. The minimum atomic E-state index is 0.114. The number of piperazine rings is 1. The molecule has 0 radical (unpaired) electrons. The Bertz CT molecular complexity index is 760. The average Bonchev–Trinajstić information content (AvgIpc) is 3.45. The van der Waals surface area contributed by atoms with E-state index in [1.165, 1.54) is 0 Å². The zero-order valence-electron chi connectivity index (χ0n) is 17.6. The number of allylic oxidation sites excluding steroid dienone is 1. The molecule has 1 saturated carbocycles. The Labute approximate surface area is 173 Å². The van der Waals surface area contributed by atoms with Crippen LogP contribution in [-0.2, 0) is 9.59 Å². The summed E-state index contributed by atoms with van der Waals surface area (Å²) in [6.45, 7) is 8.92. The van der Waals surface area contributed by atoms with Gasteiger partial charge in [-0.05, 0) is 48.8 Å². The lowest BCUT2D eigenvalue weighted by Gasteiger charge is -2.37. The topological polar surface area (TPSA) is 56.8 Å². The Balaban J connectivity index is 1.26. The van der Waals surface area contributed by atoms with Crippen LogP contribution < -0.4 is 4.90 Å². The second-order valence-corrected chi connectivity index (χ2v) is 9.05. The molecule has 0 aromatic carbocycles. The molecular weight excluding hydrogens is 364 g/mol. The quantitative estimate of drug-likeness (QED) is 0.734. The number of carbonyl (C=O) groups is 2. The number of hydrogen-bond acceptors (Lipinski definition) is 4. The monoisotopic (exact) mass is 396 g/mol. The molecule has 3 fully saturated rings. The van der Waals surface area contributed by atoms with E-state index in [1.54, 1.807) is 6.08 Å². The third-order valence-electron chi connectivity index (χ3n) is 6.75. The van der Waals surface area contributed by atoms with Gasteiger partial charge in [0, 0.05) is 51.4 Å². The number of nitrogens with zero attached hydrogens (tertiary/aromatic N) is 4. The molecule has 1 aliphatic carbocycles. The first-order valence-corrected chi connectivity index (χ1v) is 10.9. The van der Waals surface area contributed by atoms with Gasteiger partial charge in [0.2, 0.25) is 11.8 Å². The Hall–Kier alpha value is -2.37. The Morgan fingerprint density at radius 1 is 1.07 bits per heavy atom. The van der Waals surface area contributed by atoms with Gasteiger partial charge in [0.1, 0.15) is 5.82 Å². The smallest absolute Gasteiger partial charge is 0.246 e. The van der Waals surface area contributed by atoms with Crippen molar-refractivity contribution in [3.8, 4) is 0 Å². The number of likely N-dealkylation sites (tertiary alicyclic amines) is 1. The van der Waals surface area contributed by atoms with Crippen molar-refractivity contribution in [2.75, 3.05) is 44.2 Å². The number of amides is 2. The van der Waals surface area contributed by atoms with Crippen LogP contribution in [-0.4, -0.2) is 65.9 Å². The van der Waals surface area contributed by atoms with Crippen LogP contribution >= 0.6 is 0 Å². The SMILES string of the molecule is CC(C)/C=C/C(=O)N1CCC2(CC1)CC2C(=O)N1CCN(c2ccccn2)CC1. The molecule has 29 heavy (non-hydrogen) atoms. The van der Waals surface area contributed by atoms with E-state index in [0.29, 0.717) is 11.8 Å². The van der Waals surface area contributed by atoms with Crippen molar-refractivity contribution in [3.63, 3.8) is 0 Å². The fourth-order valence-electron chi connectivity index (χ4n) is 4.72. The van der Waals surface area contributed by atoms with Gasteiger partial charge in [-0.1, -0.05) is 26.0 Å². The van der Waals surface area contributed by atoms with E-state index in [9.17, 15) is 9.59 Å². The molecule has 4 rings (SSSR count). The van der Waals surface area contributed by atoms with Crippen LogP contribution in [0.2, 0.25) is 0 Å². The van der Waals surface area contributed by atoms with Crippen LogP contribution in [0.25, 0.3) is 0 Å². The molecule has 1 aromatic rings. The summed E-state index contributed by atoms with van der Waals surface area (Å²) in [6, 6.07) is 5.96. The summed E-state index contributed by atoms with van der Waals surface area (Å²) in [5.41, 5.74) is 0.147. The van der Waals surface area contributed by atoms with E-state index < -0.39 is 0 Å². The maximum Gasteiger partial charge on any atom is 0.246 e. The molecule has 1 aromatic heterocycles. The van der Waals surface area contributed by atoms with E-state index in [0.717, 1.165) is 64.3 Å². The van der Waals surface area contributed by atoms with E-state index in [4.69, 9.17) is 0 Å². The first kappa shape index (κ1) is 19.9. The lowest BCUT2D eigenvalue weighted by atomic mass is 9.90. The van der Waals surface area contributed by atoms with Gasteiger partial charge in [-0.15, -0.1) is 0 Å². The lowest BCUT2D eigenvalue weighted by molar-refractivity contribution is -0.134. The Morgan fingerprint density at radius 3 is 2.41 bits per heavy atom. The molecule has 156 valence electrons. The summed E-state index contributed by atoms with van der Waals surface area (Å²) in [5, 5.41) is 0. The van der Waals surface area contributed by atoms with Gasteiger partial charge >= 0.3 is 0 Å². The molecular formula is C23H32N4O2. The lowest BCUT2D eigenvalue weighted by Crippen LogP contribution is -2.50. The van der Waals surface area contributed by atoms with Crippen LogP contribution in [0.5, 0.6) is 0 Å². The van der Waals surface area contributed by atoms with Gasteiger partial charge in [-0.2, -0.15) is 0 Å². The molecule has 0 N–H and O–H groups in total. The van der Waals surface area contributed by atoms with Gasteiger partial charge in [-0.3, -0.25) is 9.59 Å². The minimum Gasteiger partial charge on any atom is -0.353 e. The standard InChI is InChI=1S/C23H32N4O2/c1-18(2)6-7-21(28)26-11-8-23(9-12-26)17-19(23)22(29)27-15-13-25(14-16-27)20-5-3-4-10-24-20/h3-7,10,18-19H,8-9,11-17H2,1-2H3/b7-6+. The maximum absolute atomic E-state index is 13.1. The molecule has 6 heteroatoms. The molecule has 1 atom stereocenters. The highest BCUT2D eigenvalue weighted by atomic mass is 16.2. The van der Waals surface area contributed by atoms with Crippen LogP contribution in [0.3, 0.4) is 0 Å². The van der Waals surface area contributed by atoms with Gasteiger partial charge in [0.05, 0.1) is 0 Å². The highest BCUT2D eigenvalue weighted by Gasteiger charge is 2.59. The number of anilines is 1. The van der Waals surface area contributed by atoms with Crippen LogP contribution in [0.1, 0.15) is 33.1 Å². The normalized spacial score (nSPS) is 23.8. The minimum absolute atomic E-state index is 0.114. The fourth-order valence-corrected chi connectivity index (χ4v) is 4.72. The number of carbonyl (C=O) groups excluding carboxylic acids is 2. The Morgan fingerprint density at radius 2 is 1.79 bits per heavy atom. The van der Waals surface area contributed by atoms with Crippen molar-refractivity contribution in [2.24, 2.45) is 17.3 Å². The second kappa shape index (κ2) is 8.17. The van der Waals surface area contributed by atoms with Crippen LogP contribution in [0.4, 0.5) is 5.82 Å². The van der Waals surface area contributed by atoms with Crippen molar-refractivity contribution in [1.29, 1.82) is 0 Å². The first-order chi connectivity index (χ1) is 14.0. The van der Waals surface area contributed by atoms with Crippen LogP contribution in [0, 0.1) is 17.3 Å². The van der Waals surface area contributed by atoms with E-state index >= 15 is 0 Å². The highest BCUT2D eigenvalue weighted by Crippen LogP contribution is 2.60. The third kappa shape index (κ3) is 4.31. The van der Waals surface area contributed by atoms with Crippen molar-refractivity contribution in [2.45, 2.75) is 33.1 Å². The molecule has 2 saturated heterocycles. The van der Waals surface area contributed by atoms with Crippen molar-refractivity contribution in [1.82, 2.24) is 14.8 Å². The van der Waals surface area contributed by atoms with Gasteiger partial charge in [0.25, 0.3) is 0 Å². The second-order valence-electron chi connectivity index (χ2n) is 9.05. The predicted octanol–water partition coefficient (Wildman–Crippen LogP) is 2.57. The summed E-state index contributed by atoms with van der Waals surface area (Å²) < 4.78 is 0. The molecule has 1 spiro atoms. The Kier molecular flexibility index (Phi) is 5.61. The average molecular weight is 397 g/mol. The molecule has 2 amide bonds. The largest absolute Gasteiger partial charge is 0.353 e. The van der Waals surface area contributed by atoms with E-state index in [1.807, 2.05) is 40.3 Å². The molecule has 6 nitrogen and oxygen atoms in total. The van der Waals surface area contributed by atoms with Crippen molar-refractivity contribution >= 4 is 17.6 Å². The number of pyridine rings is 1. The van der Waals surface area contributed by atoms with E-state index in [-0.39, 0.29) is 17.2 Å². The van der Waals surface area contributed by atoms with E-state index in [2.05, 4.69) is 23.7 Å². The van der Waals surface area contributed by atoms with Crippen molar-refractivity contribution in [3.05, 3.63) is 36.5 Å². The van der Waals surface area contributed by atoms with Gasteiger partial charge in [-0.25, -0.2) is 4.98 Å². The first-order valence-electron chi connectivity index (χ1n) is 10.9. The van der Waals surface area contributed by atoms with Crippen LogP contribution in [0.15, 0.2) is 36.5 Å². The number of piperidine rings is 1. The number of rotatable bonds is 4. The van der Waals surface area contributed by atoms with Gasteiger partial charge in [0.15, 0.2) is 0 Å². The van der Waals surface area contributed by atoms with Gasteiger partial charge < -0.3 is 14.7 Å².